The lowest BCUT2D eigenvalue weighted by molar-refractivity contribution is -0.143. The summed E-state index contributed by atoms with van der Waals surface area (Å²) in [4.78, 5) is 31.7. The smallest absolute Gasteiger partial charge is 0.236 e. The monoisotopic (exact) mass is 391 g/mol. The highest BCUT2D eigenvalue weighted by Crippen LogP contribution is 2.45. The Bertz CT molecular complexity index is 678. The van der Waals surface area contributed by atoms with E-state index in [2.05, 4.69) is 4.90 Å². The SMILES string of the molecule is CCN(CC)C(=O)CN1CCN(C(=O)C2(c3cccc(Cl)c3)CCC2)CC1. The summed E-state index contributed by atoms with van der Waals surface area (Å²) in [5, 5.41) is 0.686. The minimum absolute atomic E-state index is 0.175. The lowest BCUT2D eigenvalue weighted by Gasteiger charge is -2.46. The number of nitrogens with zero attached hydrogens (tertiary/aromatic N) is 3. The van der Waals surface area contributed by atoms with Crippen molar-refractivity contribution >= 4 is 23.4 Å². The van der Waals surface area contributed by atoms with Crippen molar-refractivity contribution in [2.75, 3.05) is 45.8 Å². The van der Waals surface area contributed by atoms with Crippen LogP contribution < -0.4 is 0 Å². The fourth-order valence-corrected chi connectivity index (χ4v) is 4.41. The first kappa shape index (κ1) is 20.2. The number of carbonyl (C=O) groups excluding carboxylic acids is 2. The third-order valence-electron chi connectivity index (χ3n) is 6.13. The van der Waals surface area contributed by atoms with Gasteiger partial charge in [0.1, 0.15) is 0 Å². The summed E-state index contributed by atoms with van der Waals surface area (Å²) in [5.41, 5.74) is 0.648. The van der Waals surface area contributed by atoms with E-state index in [1.54, 1.807) is 0 Å². The number of hydrogen-bond donors (Lipinski definition) is 0. The molecule has 1 aromatic rings. The molecular formula is C21H30ClN3O2. The van der Waals surface area contributed by atoms with Gasteiger partial charge in [0, 0.05) is 44.3 Å². The summed E-state index contributed by atoms with van der Waals surface area (Å²) in [5.74, 6) is 0.403. The van der Waals surface area contributed by atoms with Gasteiger partial charge in [0.15, 0.2) is 0 Å². The van der Waals surface area contributed by atoms with E-state index in [9.17, 15) is 9.59 Å². The number of rotatable bonds is 6. The number of piperazine rings is 1. The Kier molecular flexibility index (Phi) is 6.43. The maximum absolute atomic E-state index is 13.3. The second-order valence-electron chi connectivity index (χ2n) is 7.58. The summed E-state index contributed by atoms with van der Waals surface area (Å²) in [6.07, 6.45) is 2.87. The zero-order valence-corrected chi connectivity index (χ0v) is 17.2. The van der Waals surface area contributed by atoms with Gasteiger partial charge in [0.2, 0.25) is 11.8 Å². The van der Waals surface area contributed by atoms with Crippen LogP contribution in [0.1, 0.15) is 38.7 Å². The van der Waals surface area contributed by atoms with Gasteiger partial charge in [-0.05, 0) is 44.4 Å². The number of halogens is 1. The molecule has 1 saturated heterocycles. The Morgan fingerprint density at radius 3 is 2.30 bits per heavy atom. The summed E-state index contributed by atoms with van der Waals surface area (Å²) in [6.45, 7) is 8.83. The Labute approximate surface area is 167 Å². The molecule has 2 fully saturated rings. The maximum atomic E-state index is 13.3. The number of carbonyl (C=O) groups is 2. The minimum atomic E-state index is -0.399. The maximum Gasteiger partial charge on any atom is 0.236 e. The molecule has 27 heavy (non-hydrogen) atoms. The summed E-state index contributed by atoms with van der Waals surface area (Å²) in [7, 11) is 0. The molecular weight excluding hydrogens is 362 g/mol. The molecule has 148 valence electrons. The predicted molar refractivity (Wildman–Crippen MR) is 108 cm³/mol. The number of hydrogen-bond acceptors (Lipinski definition) is 3. The average Bonchev–Trinajstić information content (AvgIpc) is 2.62. The third kappa shape index (κ3) is 4.14. The average molecular weight is 392 g/mol. The molecule has 1 heterocycles. The Hall–Kier alpha value is -1.59. The first-order valence-corrected chi connectivity index (χ1v) is 10.4. The van der Waals surface area contributed by atoms with Gasteiger partial charge in [-0.25, -0.2) is 0 Å². The topological polar surface area (TPSA) is 43.9 Å². The molecule has 0 radical (unpaired) electrons. The highest BCUT2D eigenvalue weighted by atomic mass is 35.5. The molecule has 0 aromatic heterocycles. The van der Waals surface area contributed by atoms with E-state index in [-0.39, 0.29) is 11.8 Å². The van der Waals surface area contributed by atoms with Gasteiger partial charge < -0.3 is 9.80 Å². The first-order chi connectivity index (χ1) is 13.0. The Morgan fingerprint density at radius 1 is 1.11 bits per heavy atom. The van der Waals surface area contributed by atoms with E-state index in [4.69, 9.17) is 11.6 Å². The minimum Gasteiger partial charge on any atom is -0.342 e. The molecule has 1 aliphatic carbocycles. The van der Waals surface area contributed by atoms with Crippen LogP contribution in [0.15, 0.2) is 24.3 Å². The Morgan fingerprint density at radius 2 is 1.78 bits per heavy atom. The quantitative estimate of drug-likeness (QED) is 0.749. The van der Waals surface area contributed by atoms with E-state index in [1.807, 2.05) is 47.9 Å². The van der Waals surface area contributed by atoms with E-state index in [1.165, 1.54) is 0 Å². The fraction of sp³-hybridized carbons (Fsp3) is 0.619. The van der Waals surface area contributed by atoms with Crippen LogP contribution in [-0.2, 0) is 15.0 Å². The van der Waals surface area contributed by atoms with Crippen LogP contribution >= 0.6 is 11.6 Å². The first-order valence-electron chi connectivity index (χ1n) is 10.1. The molecule has 0 N–H and O–H groups in total. The van der Waals surface area contributed by atoms with Crippen LogP contribution in [0.25, 0.3) is 0 Å². The van der Waals surface area contributed by atoms with Gasteiger partial charge in [-0.15, -0.1) is 0 Å². The van der Waals surface area contributed by atoms with Gasteiger partial charge in [0.25, 0.3) is 0 Å². The van der Waals surface area contributed by atoms with Crippen LogP contribution in [0, 0.1) is 0 Å². The number of benzene rings is 1. The van der Waals surface area contributed by atoms with Crippen LogP contribution in [0.3, 0.4) is 0 Å². The molecule has 0 atom stereocenters. The predicted octanol–water partition coefficient (Wildman–Crippen LogP) is 2.77. The van der Waals surface area contributed by atoms with Crippen LogP contribution in [0.5, 0.6) is 0 Å². The molecule has 1 aromatic carbocycles. The van der Waals surface area contributed by atoms with Crippen molar-refractivity contribution in [3.05, 3.63) is 34.9 Å². The van der Waals surface area contributed by atoms with Gasteiger partial charge >= 0.3 is 0 Å². The van der Waals surface area contributed by atoms with E-state index >= 15 is 0 Å². The number of amides is 2. The molecule has 5 nitrogen and oxygen atoms in total. The molecule has 0 unspecified atom stereocenters. The highest BCUT2D eigenvalue weighted by molar-refractivity contribution is 6.30. The largest absolute Gasteiger partial charge is 0.342 e. The molecule has 0 bridgehead atoms. The van der Waals surface area contributed by atoms with Crippen molar-refractivity contribution in [2.24, 2.45) is 0 Å². The van der Waals surface area contributed by atoms with Gasteiger partial charge in [-0.1, -0.05) is 30.2 Å². The third-order valence-corrected chi connectivity index (χ3v) is 6.36. The van der Waals surface area contributed by atoms with E-state index in [0.717, 1.165) is 51.0 Å². The lowest BCUT2D eigenvalue weighted by Crippen LogP contribution is -2.57. The summed E-state index contributed by atoms with van der Waals surface area (Å²) in [6, 6.07) is 7.76. The van der Waals surface area contributed by atoms with Gasteiger partial charge in [-0.2, -0.15) is 0 Å². The zero-order valence-electron chi connectivity index (χ0n) is 16.4. The number of likely N-dealkylation sites (N-methyl/N-ethyl adjacent to an activating group) is 1. The van der Waals surface area contributed by atoms with Gasteiger partial charge in [-0.3, -0.25) is 14.5 Å². The molecule has 2 amide bonds. The summed E-state index contributed by atoms with van der Waals surface area (Å²) < 4.78 is 0. The van der Waals surface area contributed by atoms with Crippen LogP contribution in [-0.4, -0.2) is 72.3 Å². The molecule has 3 rings (SSSR count). The van der Waals surface area contributed by atoms with E-state index < -0.39 is 5.41 Å². The van der Waals surface area contributed by atoms with Crippen molar-refractivity contribution in [1.29, 1.82) is 0 Å². The summed E-state index contributed by atoms with van der Waals surface area (Å²) >= 11 is 6.17. The fourth-order valence-electron chi connectivity index (χ4n) is 4.22. The standard InChI is InChI=1S/C21H30ClN3O2/c1-3-24(4-2)19(26)16-23-11-13-25(14-12-23)20(27)21(9-6-10-21)17-7-5-8-18(22)15-17/h5,7-8,15H,3-4,6,9-14,16H2,1-2H3. The molecule has 6 heteroatoms. The Balaban J connectivity index is 1.60. The highest BCUT2D eigenvalue weighted by Gasteiger charge is 2.48. The molecule has 0 spiro atoms. The zero-order chi connectivity index (χ0) is 19.4. The molecule has 1 saturated carbocycles. The second kappa shape index (κ2) is 8.61. The van der Waals surface area contributed by atoms with Gasteiger partial charge in [0.05, 0.1) is 12.0 Å². The molecule has 1 aliphatic heterocycles. The van der Waals surface area contributed by atoms with Crippen molar-refractivity contribution in [1.82, 2.24) is 14.7 Å². The van der Waals surface area contributed by atoms with Crippen molar-refractivity contribution in [3.63, 3.8) is 0 Å². The van der Waals surface area contributed by atoms with Crippen molar-refractivity contribution < 1.29 is 9.59 Å². The van der Waals surface area contributed by atoms with E-state index in [0.29, 0.717) is 24.7 Å². The lowest BCUT2D eigenvalue weighted by atomic mass is 9.63. The van der Waals surface area contributed by atoms with Crippen molar-refractivity contribution in [3.8, 4) is 0 Å². The second-order valence-corrected chi connectivity index (χ2v) is 8.02. The van der Waals surface area contributed by atoms with Crippen molar-refractivity contribution in [2.45, 2.75) is 38.5 Å². The normalized spacial score (nSPS) is 19.4. The van der Waals surface area contributed by atoms with Crippen LogP contribution in [0.2, 0.25) is 5.02 Å². The molecule has 2 aliphatic rings. The van der Waals surface area contributed by atoms with Crippen LogP contribution in [0.4, 0.5) is 0 Å².